The minimum Gasteiger partial charge on any atom is -0.351 e. The van der Waals surface area contributed by atoms with Crippen LogP contribution < -0.4 is 5.32 Å². The van der Waals surface area contributed by atoms with Crippen LogP contribution in [0.3, 0.4) is 0 Å². The highest BCUT2D eigenvalue weighted by Crippen LogP contribution is 2.18. The van der Waals surface area contributed by atoms with Crippen LogP contribution in [-0.2, 0) is 0 Å². The maximum atomic E-state index is 13.9. The second-order valence-electron chi connectivity index (χ2n) is 5.92. The number of thioether (sulfide) groups is 1. The number of nitrogens with one attached hydrogen (secondary N) is 1. The summed E-state index contributed by atoms with van der Waals surface area (Å²) < 4.78 is 15.4. The smallest absolute Gasteiger partial charge is 0.254 e. The van der Waals surface area contributed by atoms with Gasteiger partial charge in [-0.3, -0.25) is 4.79 Å². The Hall–Kier alpha value is -2.60. The molecule has 2 aromatic carbocycles. The normalized spacial score (nSPS) is 10.7. The molecule has 4 nitrogen and oxygen atoms in total. The van der Waals surface area contributed by atoms with Crippen LogP contribution >= 0.6 is 11.8 Å². The fourth-order valence-electron chi connectivity index (χ4n) is 2.56. The van der Waals surface area contributed by atoms with Crippen LogP contribution in [0.25, 0.3) is 5.69 Å². The Morgan fingerprint density at radius 3 is 2.62 bits per heavy atom. The summed E-state index contributed by atoms with van der Waals surface area (Å²) in [5.41, 5.74) is 2.62. The molecule has 26 heavy (non-hydrogen) atoms. The van der Waals surface area contributed by atoms with Gasteiger partial charge in [0.25, 0.3) is 5.91 Å². The van der Waals surface area contributed by atoms with E-state index in [2.05, 4.69) is 41.6 Å². The number of nitrogens with zero attached hydrogens (tertiary/aromatic N) is 2. The van der Waals surface area contributed by atoms with Crippen LogP contribution in [0.1, 0.15) is 21.6 Å². The summed E-state index contributed by atoms with van der Waals surface area (Å²) in [6.45, 7) is 4.36. The summed E-state index contributed by atoms with van der Waals surface area (Å²) >= 11 is 1.69. The second kappa shape index (κ2) is 8.19. The summed E-state index contributed by atoms with van der Waals surface area (Å²) in [6.07, 6.45) is 1.48. The number of carbonyl (C=O) groups is 1. The number of hydrogen-bond acceptors (Lipinski definition) is 3. The molecule has 0 atom stereocenters. The number of amides is 1. The number of para-hydroxylation sites is 1. The molecule has 134 valence electrons. The fraction of sp³-hybridized carbons (Fsp3) is 0.200. The highest BCUT2D eigenvalue weighted by molar-refractivity contribution is 7.99. The number of hydrogen-bond donors (Lipinski definition) is 1. The van der Waals surface area contributed by atoms with E-state index >= 15 is 0 Å². The summed E-state index contributed by atoms with van der Waals surface area (Å²) in [4.78, 5) is 13.6. The molecule has 0 aliphatic rings. The zero-order chi connectivity index (χ0) is 18.5. The molecular weight excluding hydrogens is 349 g/mol. The summed E-state index contributed by atoms with van der Waals surface area (Å²) in [6, 6.07) is 14.7. The first-order chi connectivity index (χ1) is 12.6. The lowest BCUT2D eigenvalue weighted by Crippen LogP contribution is -2.26. The van der Waals surface area contributed by atoms with Gasteiger partial charge in [-0.2, -0.15) is 5.10 Å². The summed E-state index contributed by atoms with van der Waals surface area (Å²) in [5.74, 6) is 0.199. The van der Waals surface area contributed by atoms with E-state index in [4.69, 9.17) is 0 Å². The molecule has 3 aromatic rings. The Balaban J connectivity index is 1.58. The van der Waals surface area contributed by atoms with Crippen LogP contribution in [0.4, 0.5) is 4.39 Å². The van der Waals surface area contributed by atoms with Gasteiger partial charge in [0, 0.05) is 17.2 Å². The van der Waals surface area contributed by atoms with Crippen molar-refractivity contribution in [2.75, 3.05) is 12.3 Å². The molecule has 0 bridgehead atoms. The second-order valence-corrected chi connectivity index (χ2v) is 7.09. The van der Waals surface area contributed by atoms with Crippen LogP contribution in [0.15, 0.2) is 59.6 Å². The van der Waals surface area contributed by atoms with Gasteiger partial charge in [0.1, 0.15) is 11.5 Å². The van der Waals surface area contributed by atoms with Crippen LogP contribution in [0.2, 0.25) is 0 Å². The van der Waals surface area contributed by atoms with E-state index in [1.54, 1.807) is 36.9 Å². The highest BCUT2D eigenvalue weighted by atomic mass is 32.2. The van der Waals surface area contributed by atoms with Gasteiger partial charge in [0.15, 0.2) is 0 Å². The van der Waals surface area contributed by atoms with Gasteiger partial charge in [0.2, 0.25) is 0 Å². The van der Waals surface area contributed by atoms with Crippen molar-refractivity contribution in [1.29, 1.82) is 0 Å². The van der Waals surface area contributed by atoms with Crippen molar-refractivity contribution in [3.63, 3.8) is 0 Å². The van der Waals surface area contributed by atoms with Crippen molar-refractivity contribution in [3.8, 4) is 5.69 Å². The van der Waals surface area contributed by atoms with Gasteiger partial charge in [0.05, 0.1) is 17.5 Å². The third kappa shape index (κ3) is 4.14. The van der Waals surface area contributed by atoms with Crippen LogP contribution in [-0.4, -0.2) is 28.0 Å². The van der Waals surface area contributed by atoms with Crippen molar-refractivity contribution < 1.29 is 9.18 Å². The van der Waals surface area contributed by atoms with Gasteiger partial charge in [-0.05, 0) is 38.1 Å². The molecule has 6 heteroatoms. The lowest BCUT2D eigenvalue weighted by molar-refractivity contribution is 0.0955. The third-order valence-corrected chi connectivity index (χ3v) is 5.03. The maximum Gasteiger partial charge on any atom is 0.254 e. The van der Waals surface area contributed by atoms with Gasteiger partial charge in [-0.1, -0.05) is 29.8 Å². The van der Waals surface area contributed by atoms with Crippen molar-refractivity contribution >= 4 is 17.7 Å². The predicted molar refractivity (Wildman–Crippen MR) is 102 cm³/mol. The Kier molecular flexibility index (Phi) is 5.73. The molecule has 0 saturated carbocycles. The molecule has 1 amide bonds. The number of benzene rings is 2. The standard InChI is InChI=1S/C20H20FN3OS/c1-14-7-9-16(10-8-14)26-12-11-22-20(25)17-13-23-24(15(17)2)19-6-4-3-5-18(19)21/h3-10,13H,11-12H2,1-2H3,(H,22,25). The Morgan fingerprint density at radius 2 is 1.88 bits per heavy atom. The number of rotatable bonds is 6. The minimum atomic E-state index is -0.375. The molecule has 0 aliphatic heterocycles. The van der Waals surface area contributed by atoms with E-state index in [-0.39, 0.29) is 11.7 Å². The van der Waals surface area contributed by atoms with E-state index in [1.807, 2.05) is 0 Å². The maximum absolute atomic E-state index is 13.9. The predicted octanol–water partition coefficient (Wildman–Crippen LogP) is 4.15. The number of aromatic nitrogens is 2. The molecule has 1 aromatic heterocycles. The molecule has 0 saturated heterocycles. The van der Waals surface area contributed by atoms with Gasteiger partial charge in [-0.25, -0.2) is 9.07 Å². The average Bonchev–Trinajstić information content (AvgIpc) is 3.02. The largest absolute Gasteiger partial charge is 0.351 e. The van der Waals surface area contributed by atoms with E-state index in [1.165, 1.54) is 27.4 Å². The number of halogens is 1. The minimum absolute atomic E-state index is 0.199. The SMILES string of the molecule is Cc1ccc(SCCNC(=O)c2cnn(-c3ccccc3F)c2C)cc1. The van der Waals surface area contributed by atoms with E-state index in [9.17, 15) is 9.18 Å². The van der Waals surface area contributed by atoms with Crippen molar-refractivity contribution in [3.05, 3.63) is 77.4 Å². The molecule has 0 aliphatic carbocycles. The van der Waals surface area contributed by atoms with E-state index < -0.39 is 0 Å². The summed E-state index contributed by atoms with van der Waals surface area (Å²) in [5, 5.41) is 7.06. The lowest BCUT2D eigenvalue weighted by atomic mass is 10.2. The van der Waals surface area contributed by atoms with Gasteiger partial charge < -0.3 is 5.32 Å². The molecule has 0 unspecified atom stereocenters. The van der Waals surface area contributed by atoms with E-state index in [0.717, 1.165) is 5.75 Å². The first-order valence-corrected chi connectivity index (χ1v) is 9.32. The Morgan fingerprint density at radius 1 is 1.15 bits per heavy atom. The fourth-order valence-corrected chi connectivity index (χ4v) is 3.33. The quantitative estimate of drug-likeness (QED) is 0.524. The zero-order valence-electron chi connectivity index (χ0n) is 14.7. The van der Waals surface area contributed by atoms with Gasteiger partial charge >= 0.3 is 0 Å². The van der Waals surface area contributed by atoms with E-state index in [0.29, 0.717) is 23.5 Å². The molecule has 0 fully saturated rings. The monoisotopic (exact) mass is 369 g/mol. The molecule has 1 N–H and O–H groups in total. The van der Waals surface area contributed by atoms with Crippen LogP contribution in [0.5, 0.6) is 0 Å². The molecule has 1 heterocycles. The topological polar surface area (TPSA) is 46.9 Å². The summed E-state index contributed by atoms with van der Waals surface area (Å²) in [7, 11) is 0. The first-order valence-electron chi connectivity index (χ1n) is 8.33. The third-order valence-electron chi connectivity index (χ3n) is 4.01. The molecule has 0 spiro atoms. The average molecular weight is 369 g/mol. The zero-order valence-corrected chi connectivity index (χ0v) is 15.5. The first kappa shape index (κ1) is 18.2. The van der Waals surface area contributed by atoms with Crippen molar-refractivity contribution in [2.24, 2.45) is 0 Å². The molecule has 3 rings (SSSR count). The number of aryl methyl sites for hydroxylation is 1. The van der Waals surface area contributed by atoms with Gasteiger partial charge in [-0.15, -0.1) is 11.8 Å². The molecular formula is C20H20FN3OS. The van der Waals surface area contributed by atoms with Crippen molar-refractivity contribution in [1.82, 2.24) is 15.1 Å². The van der Waals surface area contributed by atoms with Crippen molar-refractivity contribution in [2.45, 2.75) is 18.7 Å². The molecule has 0 radical (unpaired) electrons. The van der Waals surface area contributed by atoms with Crippen LogP contribution in [0, 0.1) is 19.7 Å². The lowest BCUT2D eigenvalue weighted by Gasteiger charge is -2.07. The Labute approximate surface area is 156 Å². The Bertz CT molecular complexity index is 906. The number of carbonyl (C=O) groups excluding carboxylic acids is 1. The highest BCUT2D eigenvalue weighted by Gasteiger charge is 2.16.